The molecule has 1 aromatic rings. The smallest absolute Gasteiger partial charge is 0.371 e. The van der Waals surface area contributed by atoms with E-state index in [9.17, 15) is 16.8 Å². The molecule has 6 nitrogen and oxygen atoms in total. The number of allylic oxidation sites excluding steroid dienone is 1. The lowest BCUT2D eigenvalue weighted by Gasteiger charge is -2.19. The molecule has 0 saturated heterocycles. The summed E-state index contributed by atoms with van der Waals surface area (Å²) in [5, 5.41) is 4.87. The molecule has 8 heteroatoms. The summed E-state index contributed by atoms with van der Waals surface area (Å²) in [5.41, 5.74) is 0.582. The van der Waals surface area contributed by atoms with Gasteiger partial charge in [-0.15, -0.1) is 0 Å². The zero-order valence-electron chi connectivity index (χ0n) is 14.7. The lowest BCUT2D eigenvalue weighted by molar-refractivity contribution is 0.438. The largest absolute Gasteiger partial charge is 0.380 e. The first-order valence-electron chi connectivity index (χ1n) is 9.10. The zero-order chi connectivity index (χ0) is 18.8. The molecule has 1 fully saturated rings. The third kappa shape index (κ3) is 4.47. The first kappa shape index (κ1) is 19.4. The van der Waals surface area contributed by atoms with E-state index in [1.165, 1.54) is 31.4 Å². The van der Waals surface area contributed by atoms with Crippen LogP contribution >= 0.6 is 0 Å². The van der Waals surface area contributed by atoms with Crippen molar-refractivity contribution in [2.45, 2.75) is 62.7 Å². The molecule has 0 unspecified atom stereocenters. The molecule has 0 aromatic heterocycles. The van der Waals surface area contributed by atoms with Crippen LogP contribution in [0, 0.1) is 5.92 Å². The number of nitrogens with two attached hydrogens (primary N) is 1. The van der Waals surface area contributed by atoms with Gasteiger partial charge in [-0.2, -0.15) is 13.6 Å². The number of sulfone groups is 1. The average Bonchev–Trinajstić information content (AvgIpc) is 2.82. The summed E-state index contributed by atoms with van der Waals surface area (Å²) >= 11 is 0. The standard InChI is InChI=1S/C18H25NO5S2/c19-26(22,23)24-16-11-10-15-12-17(25(20,21)18(15)13-16)14-8-6-4-2-1-3-5-7-9-14/h10-14H,1-9H2,(H2,19,22,23). The van der Waals surface area contributed by atoms with Crippen molar-refractivity contribution < 1.29 is 21.0 Å². The van der Waals surface area contributed by atoms with Crippen molar-refractivity contribution in [3.05, 3.63) is 28.7 Å². The highest BCUT2D eigenvalue weighted by molar-refractivity contribution is 7.95. The van der Waals surface area contributed by atoms with Gasteiger partial charge in [-0.05, 0) is 42.5 Å². The summed E-state index contributed by atoms with van der Waals surface area (Å²) in [7, 11) is -7.82. The van der Waals surface area contributed by atoms with Gasteiger partial charge in [0.05, 0.1) is 9.80 Å². The molecule has 0 radical (unpaired) electrons. The van der Waals surface area contributed by atoms with Crippen molar-refractivity contribution in [2.75, 3.05) is 0 Å². The maximum absolute atomic E-state index is 13.0. The molecule has 1 saturated carbocycles. The number of hydrogen-bond acceptors (Lipinski definition) is 5. The molecule has 1 aliphatic heterocycles. The zero-order valence-corrected chi connectivity index (χ0v) is 16.3. The van der Waals surface area contributed by atoms with Crippen LogP contribution in [0.2, 0.25) is 0 Å². The maximum Gasteiger partial charge on any atom is 0.380 e. The lowest BCUT2D eigenvalue weighted by atomic mass is 9.91. The van der Waals surface area contributed by atoms with Gasteiger partial charge in [-0.1, -0.05) is 44.9 Å². The van der Waals surface area contributed by atoms with Crippen LogP contribution in [0.5, 0.6) is 5.75 Å². The Bertz CT molecular complexity index is 894. The van der Waals surface area contributed by atoms with Gasteiger partial charge in [0.25, 0.3) is 0 Å². The second-order valence-electron chi connectivity index (χ2n) is 7.08. The van der Waals surface area contributed by atoms with Crippen LogP contribution in [-0.4, -0.2) is 16.8 Å². The molecule has 0 atom stereocenters. The second kappa shape index (κ2) is 7.70. The van der Waals surface area contributed by atoms with Crippen molar-refractivity contribution in [1.82, 2.24) is 0 Å². The third-order valence-electron chi connectivity index (χ3n) is 5.10. The maximum atomic E-state index is 13.0. The van der Waals surface area contributed by atoms with Crippen LogP contribution < -0.4 is 9.32 Å². The normalized spacial score (nSPS) is 21.7. The van der Waals surface area contributed by atoms with E-state index in [4.69, 9.17) is 5.14 Å². The number of fused-ring (bicyclic) bond motifs is 1. The molecular weight excluding hydrogens is 374 g/mol. The fourth-order valence-electron chi connectivity index (χ4n) is 3.84. The van der Waals surface area contributed by atoms with Crippen LogP contribution in [0.4, 0.5) is 0 Å². The second-order valence-corrected chi connectivity index (χ2v) is 10.1. The highest BCUT2D eigenvalue weighted by Crippen LogP contribution is 2.42. The van der Waals surface area contributed by atoms with Gasteiger partial charge < -0.3 is 4.18 Å². The summed E-state index contributed by atoms with van der Waals surface area (Å²) in [6, 6.07) is 4.24. The molecule has 3 rings (SSSR count). The van der Waals surface area contributed by atoms with Gasteiger partial charge in [0.1, 0.15) is 5.75 Å². The molecule has 2 N–H and O–H groups in total. The molecule has 2 aliphatic rings. The van der Waals surface area contributed by atoms with Crippen molar-refractivity contribution in [3.8, 4) is 5.75 Å². The first-order chi connectivity index (χ1) is 12.3. The van der Waals surface area contributed by atoms with Gasteiger partial charge in [-0.25, -0.2) is 8.42 Å². The van der Waals surface area contributed by atoms with E-state index < -0.39 is 20.1 Å². The summed E-state index contributed by atoms with van der Waals surface area (Å²) in [5.74, 6) is -0.0662. The van der Waals surface area contributed by atoms with Gasteiger partial charge >= 0.3 is 10.3 Å². The minimum absolute atomic E-state index is 0.0214. The molecule has 1 heterocycles. The Hall–Kier alpha value is -1.38. The van der Waals surface area contributed by atoms with E-state index in [0.29, 0.717) is 10.5 Å². The van der Waals surface area contributed by atoms with Gasteiger partial charge in [0.15, 0.2) is 0 Å². The predicted molar refractivity (Wildman–Crippen MR) is 100 cm³/mol. The van der Waals surface area contributed by atoms with Crippen LogP contribution in [0.15, 0.2) is 28.0 Å². The van der Waals surface area contributed by atoms with E-state index in [1.54, 1.807) is 12.1 Å². The molecule has 1 aromatic carbocycles. The minimum atomic E-state index is -4.19. The van der Waals surface area contributed by atoms with E-state index >= 15 is 0 Å². The topological polar surface area (TPSA) is 104 Å². The fraction of sp³-hybridized carbons (Fsp3) is 0.556. The van der Waals surface area contributed by atoms with Gasteiger partial charge in [-0.3, -0.25) is 0 Å². The minimum Gasteiger partial charge on any atom is -0.371 e. The Kier molecular flexibility index (Phi) is 5.74. The third-order valence-corrected chi connectivity index (χ3v) is 7.53. The van der Waals surface area contributed by atoms with E-state index in [2.05, 4.69) is 4.18 Å². The molecule has 26 heavy (non-hydrogen) atoms. The average molecular weight is 400 g/mol. The molecule has 0 bridgehead atoms. The van der Waals surface area contributed by atoms with Crippen LogP contribution in [0.1, 0.15) is 63.4 Å². The van der Waals surface area contributed by atoms with E-state index in [-0.39, 0.29) is 16.6 Å². The monoisotopic (exact) mass is 399 g/mol. The highest BCUT2D eigenvalue weighted by atomic mass is 32.2. The number of hydrogen-bond donors (Lipinski definition) is 1. The molecule has 144 valence electrons. The highest BCUT2D eigenvalue weighted by Gasteiger charge is 2.34. The summed E-state index contributed by atoms with van der Waals surface area (Å²) in [6.07, 6.45) is 11.5. The quantitative estimate of drug-likeness (QED) is 0.837. The summed E-state index contributed by atoms with van der Waals surface area (Å²) in [6.45, 7) is 0. The Morgan fingerprint density at radius 1 is 0.962 bits per heavy atom. The fourth-order valence-corrected chi connectivity index (χ4v) is 6.13. The van der Waals surface area contributed by atoms with Crippen LogP contribution in [0.25, 0.3) is 6.08 Å². The van der Waals surface area contributed by atoms with Crippen molar-refractivity contribution >= 4 is 26.2 Å². The predicted octanol–water partition coefficient (Wildman–Crippen LogP) is 3.54. The molecule has 0 spiro atoms. The van der Waals surface area contributed by atoms with Crippen molar-refractivity contribution in [1.29, 1.82) is 0 Å². The lowest BCUT2D eigenvalue weighted by Crippen LogP contribution is -2.19. The van der Waals surface area contributed by atoms with Crippen molar-refractivity contribution in [2.24, 2.45) is 11.1 Å². The molecule has 0 amide bonds. The van der Waals surface area contributed by atoms with E-state index in [1.807, 2.05) is 0 Å². The Balaban J connectivity index is 1.87. The van der Waals surface area contributed by atoms with Gasteiger partial charge in [0.2, 0.25) is 9.84 Å². The SMILES string of the molecule is NS(=O)(=O)Oc1ccc2c(c1)S(=O)(=O)C(C1CCCCCCCCC1)=C2. The Morgan fingerprint density at radius 3 is 2.12 bits per heavy atom. The summed E-state index contributed by atoms with van der Waals surface area (Å²) < 4.78 is 52.9. The van der Waals surface area contributed by atoms with Gasteiger partial charge in [0, 0.05) is 6.07 Å². The first-order valence-corrected chi connectivity index (χ1v) is 12.1. The van der Waals surface area contributed by atoms with Crippen LogP contribution in [-0.2, 0) is 20.1 Å². The van der Waals surface area contributed by atoms with Crippen LogP contribution in [0.3, 0.4) is 0 Å². The number of rotatable bonds is 3. The Morgan fingerprint density at radius 2 is 1.54 bits per heavy atom. The molecule has 1 aliphatic carbocycles. The number of benzene rings is 1. The molecular formula is C18H25NO5S2. The van der Waals surface area contributed by atoms with E-state index in [0.717, 1.165) is 38.5 Å². The Labute approximate surface area is 155 Å². The van der Waals surface area contributed by atoms with Crippen molar-refractivity contribution in [3.63, 3.8) is 0 Å². The summed E-state index contributed by atoms with van der Waals surface area (Å²) in [4.78, 5) is 0.562.